The topological polar surface area (TPSA) is 18.5 Å². The average molecular weight is 690 g/mol. The van der Waals surface area contributed by atoms with Crippen LogP contribution in [0.15, 0.2) is 139 Å². The monoisotopic (exact) mass is 688 g/mol. The van der Waals surface area contributed by atoms with Crippen molar-refractivity contribution in [1.82, 2.24) is 0 Å². The quantitative estimate of drug-likeness (QED) is 0.171. The Kier molecular flexibility index (Phi) is 6.74. The van der Waals surface area contributed by atoms with Crippen LogP contribution in [0.5, 0.6) is 11.5 Å². The molecule has 2 nitrogen and oxygen atoms in total. The summed E-state index contributed by atoms with van der Waals surface area (Å²) >= 11 is -4.75. The van der Waals surface area contributed by atoms with Gasteiger partial charge in [0, 0.05) is 0 Å². The van der Waals surface area contributed by atoms with Gasteiger partial charge in [0.15, 0.2) is 0 Å². The Morgan fingerprint density at radius 3 is 1.38 bits per heavy atom. The fourth-order valence-corrected chi connectivity index (χ4v) is 25.9. The molecule has 2 atom stereocenters. The van der Waals surface area contributed by atoms with E-state index in [1.54, 1.807) is 24.3 Å². The van der Waals surface area contributed by atoms with Gasteiger partial charge in [0.05, 0.1) is 0 Å². The van der Waals surface area contributed by atoms with Crippen LogP contribution in [0, 0.1) is 11.6 Å². The normalized spacial score (nSPS) is 22.4. The zero-order valence-electron chi connectivity index (χ0n) is 25.4. The Bertz CT molecular complexity index is 1890. The van der Waals surface area contributed by atoms with Gasteiger partial charge in [0.2, 0.25) is 0 Å². The van der Waals surface area contributed by atoms with Gasteiger partial charge in [0.1, 0.15) is 0 Å². The number of hydrogen-bond acceptors (Lipinski definition) is 2. The molecule has 5 aromatic rings. The molecule has 4 bridgehead atoms. The summed E-state index contributed by atoms with van der Waals surface area (Å²) in [6, 6.07) is 41.2. The third-order valence-electron chi connectivity index (χ3n) is 10.1. The Morgan fingerprint density at radius 1 is 0.533 bits per heavy atom. The van der Waals surface area contributed by atoms with E-state index in [1.807, 2.05) is 0 Å². The number of halogens is 2. The molecule has 3 aliphatic rings. The van der Waals surface area contributed by atoms with Gasteiger partial charge in [-0.25, -0.2) is 0 Å². The van der Waals surface area contributed by atoms with Crippen molar-refractivity contribution in [3.05, 3.63) is 172 Å². The second-order valence-electron chi connectivity index (χ2n) is 12.5. The molecule has 0 saturated heterocycles. The SMILES string of the molecule is CC1=C2c3ccccc3[CH]1[Zr]([O]c1ccc(F)cc1)([O]c1ccc(F)cc1)[CH]1C(C)=C(c3ccccc31)[Si]2(C)c1ccccc1. The van der Waals surface area contributed by atoms with E-state index >= 15 is 0 Å². The second-order valence-corrected chi connectivity index (χ2v) is 23.7. The van der Waals surface area contributed by atoms with E-state index in [-0.39, 0.29) is 18.9 Å². The predicted octanol–water partition coefficient (Wildman–Crippen LogP) is 9.54. The molecule has 0 amide bonds. The molecule has 8 rings (SSSR count). The Hall–Kier alpha value is -3.86. The van der Waals surface area contributed by atoms with Crippen molar-refractivity contribution < 1.29 is 35.6 Å². The summed E-state index contributed by atoms with van der Waals surface area (Å²) in [4.78, 5) is 0. The molecule has 0 fully saturated rings. The van der Waals surface area contributed by atoms with Gasteiger partial charge in [-0.3, -0.25) is 0 Å². The molecule has 222 valence electrons. The molecule has 1 heterocycles. The van der Waals surface area contributed by atoms with Crippen molar-refractivity contribution in [2.75, 3.05) is 0 Å². The first-order valence-corrected chi connectivity index (χ1v) is 22.7. The minimum absolute atomic E-state index is 0.108. The van der Waals surface area contributed by atoms with Gasteiger partial charge in [-0.05, 0) is 0 Å². The van der Waals surface area contributed by atoms with E-state index in [4.69, 9.17) is 5.63 Å². The van der Waals surface area contributed by atoms with Crippen molar-refractivity contribution in [2.45, 2.75) is 27.6 Å². The van der Waals surface area contributed by atoms with Gasteiger partial charge >= 0.3 is 271 Å². The van der Waals surface area contributed by atoms with Crippen LogP contribution in [0.3, 0.4) is 0 Å². The first-order chi connectivity index (χ1) is 21.8. The minimum atomic E-state index is -4.75. The van der Waals surface area contributed by atoms with Crippen LogP contribution in [0.2, 0.25) is 6.55 Å². The van der Waals surface area contributed by atoms with Crippen LogP contribution < -0.4 is 10.8 Å². The maximum absolute atomic E-state index is 14.2. The second kappa shape index (κ2) is 10.6. The van der Waals surface area contributed by atoms with E-state index in [1.165, 1.54) is 73.2 Å². The molecule has 0 saturated carbocycles. The summed E-state index contributed by atoms with van der Waals surface area (Å²) in [6.07, 6.45) is 0. The Morgan fingerprint density at radius 2 is 0.933 bits per heavy atom. The van der Waals surface area contributed by atoms with Crippen LogP contribution in [0.4, 0.5) is 8.78 Å². The molecule has 2 aliphatic carbocycles. The van der Waals surface area contributed by atoms with Crippen molar-refractivity contribution in [3.63, 3.8) is 0 Å². The predicted molar refractivity (Wildman–Crippen MR) is 175 cm³/mol. The van der Waals surface area contributed by atoms with E-state index in [2.05, 4.69) is 99.3 Å². The number of rotatable bonds is 5. The summed E-state index contributed by atoms with van der Waals surface area (Å²) in [5.74, 6) is 0.552. The fraction of sp³-hybridized carbons (Fsp3) is 0.128. The summed E-state index contributed by atoms with van der Waals surface area (Å²) in [6.45, 7) is 7.09. The first kappa shape index (κ1) is 28.6. The molecule has 6 heteroatoms. The van der Waals surface area contributed by atoms with Crippen LogP contribution >= 0.6 is 0 Å². The third kappa shape index (κ3) is 4.18. The molecule has 0 spiro atoms. The van der Waals surface area contributed by atoms with Gasteiger partial charge in [-0.15, -0.1) is 0 Å². The molecular weight excluding hydrogens is 658 g/mol. The van der Waals surface area contributed by atoms with E-state index < -0.39 is 29.2 Å². The number of allylic oxidation sites excluding steroid dienone is 2. The van der Waals surface area contributed by atoms with E-state index in [0.29, 0.717) is 11.5 Å². The molecule has 5 aromatic carbocycles. The maximum atomic E-state index is 14.2. The first-order valence-electron chi connectivity index (χ1n) is 15.4. The van der Waals surface area contributed by atoms with Gasteiger partial charge in [0.25, 0.3) is 0 Å². The zero-order chi connectivity index (χ0) is 30.9. The molecule has 45 heavy (non-hydrogen) atoms. The van der Waals surface area contributed by atoms with Crippen molar-refractivity contribution in [2.24, 2.45) is 0 Å². The molecule has 0 N–H and O–H groups in total. The standard InChI is InChI=1S/C27H24Si.2C6H5FO.Zr/c1-19-17-21-11-7-9-15-24(21)26(19)28(3,23-13-5-4-6-14-23)27-20(2)18-22-12-8-10-16-25(22)27;2*7-5-1-3-6(8)4-2-5;/h4-18H,1-3H3;2*1-4,8H;/q;;;+2/p-2. The number of benzene rings is 5. The Balaban J connectivity index is 1.51. The summed E-state index contributed by atoms with van der Waals surface area (Å²) in [7, 11) is -2.58. The zero-order valence-corrected chi connectivity index (χ0v) is 28.8. The van der Waals surface area contributed by atoms with Crippen molar-refractivity contribution >= 4 is 23.7 Å². The van der Waals surface area contributed by atoms with E-state index in [9.17, 15) is 8.78 Å². The molecule has 2 unspecified atom stereocenters. The summed E-state index contributed by atoms with van der Waals surface area (Å²) in [5.41, 5.74) is 7.62. The molecule has 1 aliphatic heterocycles. The fourth-order valence-electron chi connectivity index (χ4n) is 8.48. The van der Waals surface area contributed by atoms with Crippen molar-refractivity contribution in [1.29, 1.82) is 0 Å². The van der Waals surface area contributed by atoms with Gasteiger partial charge < -0.3 is 0 Å². The van der Waals surface area contributed by atoms with Gasteiger partial charge in [-0.2, -0.15) is 0 Å². The molecular formula is C39H32F2O2SiZr. The van der Waals surface area contributed by atoms with Crippen LogP contribution in [-0.2, 0) is 21.1 Å². The van der Waals surface area contributed by atoms with E-state index in [0.717, 1.165) is 0 Å². The van der Waals surface area contributed by atoms with Crippen LogP contribution in [0.25, 0.3) is 10.4 Å². The summed E-state index contributed by atoms with van der Waals surface area (Å²) < 4.78 is 43.1. The summed E-state index contributed by atoms with van der Waals surface area (Å²) in [5, 5.41) is 4.22. The molecule has 0 radical (unpaired) electrons. The third-order valence-corrected chi connectivity index (χ3v) is 25.2. The van der Waals surface area contributed by atoms with Crippen LogP contribution in [0.1, 0.15) is 43.4 Å². The van der Waals surface area contributed by atoms with Crippen molar-refractivity contribution in [3.8, 4) is 11.5 Å². The van der Waals surface area contributed by atoms with Gasteiger partial charge in [-0.1, -0.05) is 0 Å². The number of hydrogen-bond donors (Lipinski definition) is 0. The average Bonchev–Trinajstić information content (AvgIpc) is 3.55. The molecule has 0 aromatic heterocycles. The Labute approximate surface area is 269 Å². The van der Waals surface area contributed by atoms with Crippen LogP contribution in [-0.4, -0.2) is 8.07 Å².